The van der Waals surface area contributed by atoms with Crippen molar-refractivity contribution in [1.82, 2.24) is 14.8 Å². The van der Waals surface area contributed by atoms with Gasteiger partial charge in [0.1, 0.15) is 17.9 Å². The maximum atomic E-state index is 6.64. The minimum absolute atomic E-state index is 0.131. The normalized spacial score (nSPS) is 19.0. The highest BCUT2D eigenvalue weighted by Gasteiger charge is 2.41. The fraction of sp³-hybridized carbons (Fsp3) is 0.167. The van der Waals surface area contributed by atoms with E-state index in [2.05, 4.69) is 54.0 Å². The summed E-state index contributed by atoms with van der Waals surface area (Å²) in [5.41, 5.74) is 5.35. The molecule has 8 heteroatoms. The van der Waals surface area contributed by atoms with Crippen LogP contribution in [0.3, 0.4) is 0 Å². The minimum atomic E-state index is -0.269. The highest BCUT2D eigenvalue weighted by atomic mass is 35.5. The largest absolute Gasteiger partial charge is 0.480 e. The number of aryl methyl sites for hydroxylation is 1. The Kier molecular flexibility index (Phi) is 4.78. The van der Waals surface area contributed by atoms with Crippen molar-refractivity contribution in [1.29, 1.82) is 0 Å². The van der Waals surface area contributed by atoms with Crippen LogP contribution >= 0.6 is 34.7 Å². The van der Waals surface area contributed by atoms with Gasteiger partial charge in [0, 0.05) is 21.0 Å². The van der Waals surface area contributed by atoms with Crippen LogP contribution < -0.4 is 10.1 Å². The first kappa shape index (κ1) is 19.9. The van der Waals surface area contributed by atoms with Gasteiger partial charge in [0.2, 0.25) is 11.1 Å². The summed E-state index contributed by atoms with van der Waals surface area (Å²) in [4.78, 5) is 5.91. The maximum Gasteiger partial charge on any atom is 0.227 e. The lowest BCUT2D eigenvalue weighted by atomic mass is 9.87. The first-order valence-electron chi connectivity index (χ1n) is 10.2. The van der Waals surface area contributed by atoms with Gasteiger partial charge in [-0.1, -0.05) is 59.3 Å². The third kappa shape index (κ3) is 3.15. The van der Waals surface area contributed by atoms with Gasteiger partial charge in [-0.25, -0.2) is 4.68 Å². The zero-order valence-electron chi connectivity index (χ0n) is 17.4. The lowest BCUT2D eigenvalue weighted by Crippen LogP contribution is -2.32. The van der Waals surface area contributed by atoms with Crippen LogP contribution in [0.5, 0.6) is 5.75 Å². The van der Waals surface area contributed by atoms with E-state index in [0.717, 1.165) is 39.3 Å². The molecule has 32 heavy (non-hydrogen) atoms. The fourth-order valence-corrected chi connectivity index (χ4v) is 5.65. The third-order valence-electron chi connectivity index (χ3n) is 5.79. The standard InChI is InChI=1S/C24H19ClN4OS2/c1-13-5-7-14(8-6-13)22-19-20(16-12-15(25)9-10-17(16)30-22)26-23-27-24(31-2)28-29(23)21(19)18-4-3-11-32-18/h3-12,21-22H,1-2H3,(H,26,27,28)/t21-,22-/m1/s1. The maximum absolute atomic E-state index is 6.64. The Morgan fingerprint density at radius 2 is 2.00 bits per heavy atom. The number of ether oxygens (including phenoxy) is 1. The van der Waals surface area contributed by atoms with Crippen LogP contribution in [0.25, 0.3) is 5.70 Å². The molecule has 2 aliphatic rings. The number of thiophene rings is 1. The predicted octanol–water partition coefficient (Wildman–Crippen LogP) is 6.58. The Morgan fingerprint density at radius 3 is 2.75 bits per heavy atom. The van der Waals surface area contributed by atoms with Crippen LogP contribution in [-0.4, -0.2) is 21.0 Å². The van der Waals surface area contributed by atoms with Gasteiger partial charge >= 0.3 is 0 Å². The molecule has 0 aliphatic carbocycles. The third-order valence-corrected chi connectivity index (χ3v) is 7.49. The van der Waals surface area contributed by atoms with E-state index in [4.69, 9.17) is 26.4 Å². The van der Waals surface area contributed by atoms with Gasteiger partial charge in [0.25, 0.3) is 0 Å². The Labute approximate surface area is 199 Å². The van der Waals surface area contributed by atoms with Gasteiger partial charge in [-0.05, 0) is 48.4 Å². The monoisotopic (exact) mass is 478 g/mol. The van der Waals surface area contributed by atoms with E-state index in [0.29, 0.717) is 5.02 Å². The molecule has 1 N–H and O–H groups in total. The van der Waals surface area contributed by atoms with Gasteiger partial charge in [-0.3, -0.25) is 0 Å². The van der Waals surface area contributed by atoms with E-state index < -0.39 is 0 Å². The summed E-state index contributed by atoms with van der Waals surface area (Å²) in [5.74, 6) is 1.52. The molecular formula is C24H19ClN4OS2. The smallest absolute Gasteiger partial charge is 0.227 e. The Hall–Kier alpha value is -2.74. The number of hydrogen-bond donors (Lipinski definition) is 1. The van der Waals surface area contributed by atoms with Gasteiger partial charge in [0.15, 0.2) is 0 Å². The lowest BCUT2D eigenvalue weighted by Gasteiger charge is -2.38. The molecule has 0 saturated carbocycles. The number of nitrogens with zero attached hydrogens (tertiary/aromatic N) is 3. The topological polar surface area (TPSA) is 52.0 Å². The molecule has 160 valence electrons. The second-order valence-corrected chi connectivity index (χ2v) is 9.98. The number of anilines is 1. The van der Waals surface area contributed by atoms with Gasteiger partial charge in [0.05, 0.1) is 5.70 Å². The van der Waals surface area contributed by atoms with Crippen molar-refractivity contribution in [2.75, 3.05) is 11.6 Å². The molecule has 0 amide bonds. The van der Waals surface area contributed by atoms with Crippen molar-refractivity contribution in [2.45, 2.75) is 24.2 Å². The first-order valence-corrected chi connectivity index (χ1v) is 12.7. The summed E-state index contributed by atoms with van der Waals surface area (Å²) < 4.78 is 8.62. The first-order chi connectivity index (χ1) is 15.6. The SMILES string of the molecule is CSc1nc2n(n1)[C@H](c1cccs1)C1=C(N2)c2cc(Cl)ccc2O[C@@H]1c1ccc(C)cc1. The number of fused-ring (bicyclic) bond motifs is 3. The number of thioether (sulfide) groups is 1. The van der Waals surface area contributed by atoms with Gasteiger partial charge < -0.3 is 10.1 Å². The van der Waals surface area contributed by atoms with E-state index in [1.54, 1.807) is 11.3 Å². The molecule has 4 aromatic rings. The molecule has 0 unspecified atom stereocenters. The Morgan fingerprint density at radius 1 is 1.16 bits per heavy atom. The van der Waals surface area contributed by atoms with Crippen LogP contribution in [0.15, 0.2) is 70.7 Å². The summed E-state index contributed by atoms with van der Waals surface area (Å²) in [7, 11) is 0. The molecule has 0 fully saturated rings. The number of nitrogens with one attached hydrogen (secondary N) is 1. The highest BCUT2D eigenvalue weighted by molar-refractivity contribution is 7.98. The quantitative estimate of drug-likeness (QED) is 0.337. The summed E-state index contributed by atoms with van der Waals surface area (Å²) >= 11 is 9.64. The van der Waals surface area contributed by atoms with Crippen LogP contribution in [0.1, 0.15) is 33.7 Å². The van der Waals surface area contributed by atoms with Crippen LogP contribution in [0, 0.1) is 6.92 Å². The lowest BCUT2D eigenvalue weighted by molar-refractivity contribution is 0.223. The molecule has 5 nitrogen and oxygen atoms in total. The molecular weight excluding hydrogens is 460 g/mol. The van der Waals surface area contributed by atoms with E-state index in [9.17, 15) is 0 Å². The molecule has 2 aliphatic heterocycles. The van der Waals surface area contributed by atoms with Crippen molar-refractivity contribution in [2.24, 2.45) is 0 Å². The van der Waals surface area contributed by atoms with Gasteiger partial charge in [-0.2, -0.15) is 4.98 Å². The summed E-state index contributed by atoms with van der Waals surface area (Å²) in [6, 6.07) is 18.4. The number of rotatable bonds is 3. The molecule has 0 spiro atoms. The predicted molar refractivity (Wildman–Crippen MR) is 131 cm³/mol. The van der Waals surface area contributed by atoms with E-state index >= 15 is 0 Å². The molecule has 0 bridgehead atoms. The average Bonchev–Trinajstić information content (AvgIpc) is 3.47. The van der Waals surface area contributed by atoms with Crippen LogP contribution in [0.4, 0.5) is 5.95 Å². The number of benzene rings is 2. The van der Waals surface area contributed by atoms with Gasteiger partial charge in [-0.15, -0.1) is 16.4 Å². The number of aromatic nitrogens is 3. The zero-order valence-corrected chi connectivity index (χ0v) is 19.8. The van der Waals surface area contributed by atoms with E-state index in [1.807, 2.05) is 29.1 Å². The van der Waals surface area contributed by atoms with Crippen LogP contribution in [0.2, 0.25) is 5.02 Å². The second kappa shape index (κ2) is 7.69. The minimum Gasteiger partial charge on any atom is -0.480 e. The van der Waals surface area contributed by atoms with Crippen LogP contribution in [-0.2, 0) is 0 Å². The number of halogens is 1. The fourth-order valence-electron chi connectivity index (χ4n) is 4.31. The van der Waals surface area contributed by atoms with Crippen molar-refractivity contribution in [3.05, 3.63) is 92.1 Å². The summed E-state index contributed by atoms with van der Waals surface area (Å²) in [6.07, 6.45) is 1.72. The van der Waals surface area contributed by atoms with Crippen molar-refractivity contribution < 1.29 is 4.74 Å². The zero-order chi connectivity index (χ0) is 21.8. The second-order valence-electron chi connectivity index (χ2n) is 7.79. The highest BCUT2D eigenvalue weighted by Crippen LogP contribution is 2.51. The van der Waals surface area contributed by atoms with Crippen molar-refractivity contribution in [3.63, 3.8) is 0 Å². The molecule has 2 atom stereocenters. The summed E-state index contributed by atoms with van der Waals surface area (Å²) in [5, 5.41) is 11.9. The molecule has 2 aromatic heterocycles. The molecule has 0 saturated heterocycles. The summed E-state index contributed by atoms with van der Waals surface area (Å²) in [6.45, 7) is 2.09. The van der Waals surface area contributed by atoms with E-state index in [1.165, 1.54) is 22.2 Å². The van der Waals surface area contributed by atoms with E-state index in [-0.39, 0.29) is 12.1 Å². The average molecular weight is 479 g/mol. The molecule has 4 heterocycles. The number of hydrogen-bond acceptors (Lipinski definition) is 6. The molecule has 2 aromatic carbocycles. The molecule has 6 rings (SSSR count). The molecule has 0 radical (unpaired) electrons. The van der Waals surface area contributed by atoms with Crippen molar-refractivity contribution in [3.8, 4) is 5.75 Å². The van der Waals surface area contributed by atoms with Crippen molar-refractivity contribution >= 4 is 46.3 Å². The Bertz CT molecular complexity index is 1350. The Balaban J connectivity index is 1.63.